The van der Waals surface area contributed by atoms with Gasteiger partial charge in [0.2, 0.25) is 21.8 Å². The number of nitrogens with one attached hydrogen (secondary N) is 2. The zero-order valence-electron chi connectivity index (χ0n) is 38.5. The highest BCUT2D eigenvalue weighted by Gasteiger charge is 2.46. The van der Waals surface area contributed by atoms with Crippen LogP contribution in [0.15, 0.2) is 77.7 Å². The zero-order valence-corrected chi connectivity index (χ0v) is 39.4. The van der Waals surface area contributed by atoms with Gasteiger partial charge in [-0.1, -0.05) is 41.6 Å². The van der Waals surface area contributed by atoms with E-state index in [4.69, 9.17) is 23.7 Å². The van der Waals surface area contributed by atoms with Crippen molar-refractivity contribution in [1.29, 1.82) is 0 Å². The number of fused-ring (bicyclic) bond motifs is 3. The van der Waals surface area contributed by atoms with Crippen molar-refractivity contribution >= 4 is 56.6 Å². The number of rotatable bonds is 20. The van der Waals surface area contributed by atoms with E-state index in [2.05, 4.69) is 20.9 Å². The number of carboxylic acid groups (broad SMARTS) is 1. The minimum Gasteiger partial charge on any atom is -0.489 e. The number of carbonyl (C=O) groups is 6. The lowest BCUT2D eigenvalue weighted by Gasteiger charge is -2.27. The molecule has 4 heterocycles. The van der Waals surface area contributed by atoms with Gasteiger partial charge in [0, 0.05) is 32.5 Å². The Balaban J connectivity index is 0.813. The molecule has 3 aliphatic heterocycles. The van der Waals surface area contributed by atoms with E-state index in [0.29, 0.717) is 39.2 Å². The first kappa shape index (κ1) is 49.2. The lowest BCUT2D eigenvalue weighted by molar-refractivity contribution is -0.138. The molecule has 5 aromatic rings. The molecular formula is C48H51N7O14S. The summed E-state index contributed by atoms with van der Waals surface area (Å²) in [5.41, 5.74) is 3.88. The molecule has 70 heavy (non-hydrogen) atoms. The Kier molecular flexibility index (Phi) is 14.9. The number of carbonyl (C=O) groups excluding carboxylic acids is 5. The Labute approximate surface area is 402 Å². The molecule has 3 N–H and O–H groups in total. The number of hydrogen-bond donors (Lipinski definition) is 3. The molecule has 5 amide bonds. The van der Waals surface area contributed by atoms with Crippen LogP contribution in [0, 0.1) is 6.92 Å². The van der Waals surface area contributed by atoms with Crippen molar-refractivity contribution in [1.82, 2.24) is 34.8 Å². The zero-order chi connectivity index (χ0) is 49.7. The molecule has 4 aromatic carbocycles. The summed E-state index contributed by atoms with van der Waals surface area (Å²) in [6.07, 6.45) is -0.701. The summed E-state index contributed by atoms with van der Waals surface area (Å²) in [6.45, 7) is 4.38. The number of aryl methyl sites for hydroxylation is 2. The van der Waals surface area contributed by atoms with Gasteiger partial charge in [0.1, 0.15) is 51.9 Å². The Morgan fingerprint density at radius 2 is 1.69 bits per heavy atom. The van der Waals surface area contributed by atoms with E-state index in [1.165, 1.54) is 28.6 Å². The van der Waals surface area contributed by atoms with E-state index in [9.17, 15) is 42.3 Å². The highest BCUT2D eigenvalue weighted by molar-refractivity contribution is 7.89. The van der Waals surface area contributed by atoms with Gasteiger partial charge in [-0.15, -0.1) is 5.10 Å². The molecule has 1 fully saturated rings. The number of sulfonamides is 1. The smallest absolute Gasteiger partial charge is 0.304 e. The lowest BCUT2D eigenvalue weighted by Crippen LogP contribution is -2.54. The lowest BCUT2D eigenvalue weighted by atomic mass is 9.86. The number of ether oxygens (including phenoxy) is 5. The van der Waals surface area contributed by atoms with Gasteiger partial charge in [0.15, 0.2) is 6.61 Å². The number of para-hydroxylation sites is 1. The van der Waals surface area contributed by atoms with Crippen LogP contribution in [0.1, 0.15) is 75.1 Å². The highest BCUT2D eigenvalue weighted by atomic mass is 32.2. The van der Waals surface area contributed by atoms with Crippen LogP contribution in [0.5, 0.6) is 17.2 Å². The summed E-state index contributed by atoms with van der Waals surface area (Å²) < 4.78 is 59.8. The van der Waals surface area contributed by atoms with Crippen molar-refractivity contribution in [2.75, 3.05) is 52.7 Å². The van der Waals surface area contributed by atoms with Crippen LogP contribution in [-0.4, -0.2) is 138 Å². The second kappa shape index (κ2) is 21.2. The number of carboxylic acids is 1. The number of imide groups is 2. The topological polar surface area (TPSA) is 264 Å². The van der Waals surface area contributed by atoms with E-state index in [1.54, 1.807) is 42.1 Å². The second-order valence-electron chi connectivity index (χ2n) is 16.9. The van der Waals surface area contributed by atoms with Crippen molar-refractivity contribution in [3.8, 4) is 17.2 Å². The molecule has 3 aliphatic rings. The molecule has 8 rings (SSSR count). The number of amides is 5. The predicted octanol–water partition coefficient (Wildman–Crippen LogP) is 2.86. The average molecular weight is 982 g/mol. The van der Waals surface area contributed by atoms with Crippen LogP contribution in [0.25, 0.3) is 11.0 Å². The first-order valence-corrected chi connectivity index (χ1v) is 24.0. The molecule has 21 nitrogen and oxygen atoms in total. The van der Waals surface area contributed by atoms with Gasteiger partial charge in [-0.2, -0.15) is 4.31 Å². The van der Waals surface area contributed by atoms with E-state index in [-0.39, 0.29) is 93.7 Å². The summed E-state index contributed by atoms with van der Waals surface area (Å²) in [5.74, 6) is -4.15. The van der Waals surface area contributed by atoms with Crippen LogP contribution < -0.4 is 24.8 Å². The third-order valence-corrected chi connectivity index (χ3v) is 13.9. The van der Waals surface area contributed by atoms with Gasteiger partial charge < -0.3 is 34.1 Å². The molecule has 3 unspecified atom stereocenters. The predicted molar refractivity (Wildman–Crippen MR) is 247 cm³/mol. The fourth-order valence-electron chi connectivity index (χ4n) is 8.64. The van der Waals surface area contributed by atoms with Crippen molar-refractivity contribution in [2.45, 2.75) is 62.6 Å². The van der Waals surface area contributed by atoms with Gasteiger partial charge in [-0.3, -0.25) is 39.0 Å². The summed E-state index contributed by atoms with van der Waals surface area (Å²) in [4.78, 5) is 76.2. The van der Waals surface area contributed by atoms with E-state index in [1.807, 2.05) is 32.0 Å². The summed E-state index contributed by atoms with van der Waals surface area (Å²) in [7, 11) is -2.21. The standard InChI is InChI=1S/C48H51N7O14S/c1-28-11-12-30(21-32(28)26-54-25-29(2)69-37-8-4-5-10-40(37)70(54,63)64)34(24-43(58)59)31-22-35-45(53(3)52-51-35)39(23-31)67-20-19-66-18-17-65-16-15-49-42(57)27-68-38-9-6-7-33-44(38)48(62)55(47(33)61)36-13-14-41(56)50-46(36)60/h4-12,21-23,29,34,36H,13-20,24-27H2,1-3H3,(H,49,57)(H,58,59)(H,50,56,60). The quantitative estimate of drug-likeness (QED) is 0.0748. The Morgan fingerprint density at radius 3 is 2.47 bits per heavy atom. The van der Waals surface area contributed by atoms with E-state index < -0.39 is 70.2 Å². The maximum Gasteiger partial charge on any atom is 0.304 e. The van der Waals surface area contributed by atoms with Crippen molar-refractivity contribution in [3.05, 3.63) is 106 Å². The number of aromatic nitrogens is 3. The molecule has 0 saturated carbocycles. The molecule has 22 heteroatoms. The maximum atomic E-state index is 13.9. The SMILES string of the molecule is Cc1ccc(C(CC(=O)O)c2cc(OCCOCCOCCNC(=O)COc3cccc4c3C(=O)N(C3CCC(=O)NC3=O)C4=O)c3c(c2)nnn3C)cc1CN1CC(C)Oc2ccccc2S1(=O)=O. The molecule has 0 spiro atoms. The number of benzene rings is 4. The molecule has 1 saturated heterocycles. The molecule has 368 valence electrons. The molecule has 1 aromatic heterocycles. The molecule has 3 atom stereocenters. The van der Waals surface area contributed by atoms with Gasteiger partial charge in [-0.05, 0) is 78.9 Å². The molecule has 0 radical (unpaired) electrons. The van der Waals surface area contributed by atoms with Gasteiger partial charge in [0.25, 0.3) is 17.7 Å². The van der Waals surface area contributed by atoms with Crippen LogP contribution in [0.2, 0.25) is 0 Å². The molecular weight excluding hydrogens is 931 g/mol. The number of aliphatic carboxylic acids is 1. The number of hydrogen-bond acceptors (Lipinski definition) is 15. The first-order valence-electron chi connectivity index (χ1n) is 22.5. The highest BCUT2D eigenvalue weighted by Crippen LogP contribution is 2.38. The van der Waals surface area contributed by atoms with E-state index in [0.717, 1.165) is 10.5 Å². The maximum absolute atomic E-state index is 13.9. The fraction of sp³-hybridized carbons (Fsp3) is 0.375. The summed E-state index contributed by atoms with van der Waals surface area (Å²) in [5, 5.41) is 23.4. The first-order chi connectivity index (χ1) is 33.6. The molecule has 0 aliphatic carbocycles. The van der Waals surface area contributed by atoms with Gasteiger partial charge in [0.05, 0.1) is 50.5 Å². The van der Waals surface area contributed by atoms with Gasteiger partial charge in [-0.25, -0.2) is 13.1 Å². The third-order valence-electron chi connectivity index (χ3n) is 12.1. The average Bonchev–Trinajstić information content (AvgIpc) is 3.80. The van der Waals surface area contributed by atoms with Gasteiger partial charge >= 0.3 is 5.97 Å². The van der Waals surface area contributed by atoms with Crippen molar-refractivity contribution < 1.29 is 66.0 Å². The molecule has 0 bridgehead atoms. The van der Waals surface area contributed by atoms with Crippen molar-refractivity contribution in [2.24, 2.45) is 7.05 Å². The Bertz CT molecular complexity index is 2980. The third kappa shape index (κ3) is 10.6. The minimum absolute atomic E-state index is 0.00541. The summed E-state index contributed by atoms with van der Waals surface area (Å²) >= 11 is 0. The Morgan fingerprint density at radius 1 is 0.914 bits per heavy atom. The fourth-order valence-corrected chi connectivity index (χ4v) is 10.3. The van der Waals surface area contributed by atoms with Crippen LogP contribution in [-0.2, 0) is 52.3 Å². The van der Waals surface area contributed by atoms with Crippen LogP contribution in [0.3, 0.4) is 0 Å². The van der Waals surface area contributed by atoms with Crippen molar-refractivity contribution in [3.63, 3.8) is 0 Å². The van der Waals surface area contributed by atoms with Crippen LogP contribution in [0.4, 0.5) is 0 Å². The second-order valence-corrected chi connectivity index (χ2v) is 18.9. The van der Waals surface area contributed by atoms with Crippen LogP contribution >= 0.6 is 0 Å². The van der Waals surface area contributed by atoms with E-state index >= 15 is 0 Å². The Hall–Kier alpha value is -7.27. The normalized spacial score (nSPS) is 18.1. The monoisotopic (exact) mass is 981 g/mol. The number of piperidine rings is 1. The minimum atomic E-state index is -3.92. The number of nitrogens with zero attached hydrogens (tertiary/aromatic N) is 5. The summed E-state index contributed by atoms with van der Waals surface area (Å²) in [6, 6.07) is 18.9. The largest absolute Gasteiger partial charge is 0.489 e.